The van der Waals surface area contributed by atoms with Gasteiger partial charge in [0.05, 0.1) is 0 Å². The molecule has 0 spiro atoms. The van der Waals surface area contributed by atoms with Crippen LogP contribution in [-0.2, 0) is 6.61 Å². The maximum atomic E-state index is 5.93. The number of anilines is 2. The van der Waals surface area contributed by atoms with Gasteiger partial charge in [0.2, 0.25) is 5.13 Å². The summed E-state index contributed by atoms with van der Waals surface area (Å²) in [5, 5.41) is 13.7. The van der Waals surface area contributed by atoms with Crippen LogP contribution in [0, 0.1) is 0 Å². The molecule has 0 saturated heterocycles. The highest BCUT2D eigenvalue weighted by molar-refractivity contribution is 7.18. The maximum absolute atomic E-state index is 5.93. The van der Waals surface area contributed by atoms with Gasteiger partial charge in [0.15, 0.2) is 5.01 Å². The summed E-state index contributed by atoms with van der Waals surface area (Å²) >= 11 is 7.31. The van der Waals surface area contributed by atoms with Crippen LogP contribution in [0.15, 0.2) is 67.1 Å². The fourth-order valence-electron chi connectivity index (χ4n) is 2.33. The second-order valence-electron chi connectivity index (χ2n) is 5.54. The van der Waals surface area contributed by atoms with Crippen LogP contribution in [0.3, 0.4) is 0 Å². The predicted octanol–water partition coefficient (Wildman–Crippen LogP) is 4.97. The molecule has 27 heavy (non-hydrogen) atoms. The molecule has 0 aliphatic rings. The Kier molecular flexibility index (Phi) is 5.22. The number of rotatable bonds is 6. The lowest BCUT2D eigenvalue weighted by atomic mass is 10.3. The first-order chi connectivity index (χ1) is 13.3. The Balaban J connectivity index is 1.52. The number of nitrogens with one attached hydrogen (secondary N) is 1. The summed E-state index contributed by atoms with van der Waals surface area (Å²) in [6, 6.07) is 14.9. The van der Waals surface area contributed by atoms with Crippen molar-refractivity contribution in [1.82, 2.24) is 20.2 Å². The van der Waals surface area contributed by atoms with Crippen molar-refractivity contribution in [2.24, 2.45) is 0 Å². The number of nitrogens with zero attached hydrogens (tertiary/aromatic N) is 4. The molecule has 4 rings (SSSR count). The van der Waals surface area contributed by atoms with Crippen molar-refractivity contribution < 1.29 is 4.74 Å². The molecule has 134 valence electrons. The highest BCUT2D eigenvalue weighted by Gasteiger charge is 2.14. The minimum absolute atomic E-state index is 0.426. The Labute approximate surface area is 164 Å². The van der Waals surface area contributed by atoms with Gasteiger partial charge in [0.1, 0.15) is 18.1 Å². The van der Waals surface area contributed by atoms with E-state index in [1.807, 2.05) is 48.5 Å². The molecule has 0 aliphatic heterocycles. The number of halogens is 1. The lowest BCUT2D eigenvalue weighted by Gasteiger charge is -2.08. The lowest BCUT2D eigenvalue weighted by molar-refractivity contribution is 0.306. The van der Waals surface area contributed by atoms with E-state index in [1.165, 1.54) is 11.3 Å². The molecule has 0 fully saturated rings. The van der Waals surface area contributed by atoms with Gasteiger partial charge >= 0.3 is 0 Å². The highest BCUT2D eigenvalue weighted by Crippen LogP contribution is 2.33. The predicted molar refractivity (Wildman–Crippen MR) is 106 cm³/mol. The Hall–Kier alpha value is -3.03. The molecule has 0 amide bonds. The molecule has 0 radical (unpaired) electrons. The summed E-state index contributed by atoms with van der Waals surface area (Å²) in [6.45, 7) is 0.426. The minimum atomic E-state index is 0.426. The summed E-state index contributed by atoms with van der Waals surface area (Å²) in [4.78, 5) is 8.43. The minimum Gasteiger partial charge on any atom is -0.487 e. The van der Waals surface area contributed by atoms with Crippen molar-refractivity contribution in [2.45, 2.75) is 6.61 Å². The molecule has 0 saturated carbocycles. The van der Waals surface area contributed by atoms with Crippen molar-refractivity contribution in [3.63, 3.8) is 0 Å². The molecule has 6 nitrogen and oxygen atoms in total. The molecule has 3 heterocycles. The summed E-state index contributed by atoms with van der Waals surface area (Å²) in [7, 11) is 0. The first-order valence-corrected chi connectivity index (χ1v) is 9.30. The SMILES string of the molecule is Clc1ccc(Nc2nnc(-c3ncccc3OCc3ccncc3)s2)cc1. The zero-order valence-electron chi connectivity index (χ0n) is 14.0. The molecule has 0 aliphatic carbocycles. The van der Waals surface area contributed by atoms with Gasteiger partial charge in [-0.3, -0.25) is 4.98 Å². The quantitative estimate of drug-likeness (QED) is 0.496. The van der Waals surface area contributed by atoms with Gasteiger partial charge in [0, 0.05) is 29.3 Å². The molecule has 0 unspecified atom stereocenters. The van der Waals surface area contributed by atoms with E-state index in [2.05, 4.69) is 25.5 Å². The first-order valence-electron chi connectivity index (χ1n) is 8.11. The Morgan fingerprint density at radius 1 is 0.963 bits per heavy atom. The van der Waals surface area contributed by atoms with Gasteiger partial charge in [-0.25, -0.2) is 4.98 Å². The van der Waals surface area contributed by atoms with E-state index in [0.717, 1.165) is 11.3 Å². The average molecular weight is 396 g/mol. The summed E-state index contributed by atoms with van der Waals surface area (Å²) in [5.74, 6) is 0.656. The van der Waals surface area contributed by atoms with Gasteiger partial charge < -0.3 is 10.1 Å². The largest absolute Gasteiger partial charge is 0.487 e. The van der Waals surface area contributed by atoms with Crippen LogP contribution in [0.1, 0.15) is 5.56 Å². The van der Waals surface area contributed by atoms with Gasteiger partial charge in [0.25, 0.3) is 0 Å². The van der Waals surface area contributed by atoms with E-state index in [0.29, 0.717) is 33.2 Å². The number of hydrogen-bond donors (Lipinski definition) is 1. The number of aromatic nitrogens is 4. The van der Waals surface area contributed by atoms with Crippen molar-refractivity contribution in [3.05, 3.63) is 77.7 Å². The number of pyridine rings is 2. The molecular weight excluding hydrogens is 382 g/mol. The summed E-state index contributed by atoms with van der Waals surface area (Å²) in [6.07, 6.45) is 5.19. The maximum Gasteiger partial charge on any atom is 0.210 e. The van der Waals surface area contributed by atoms with E-state index < -0.39 is 0 Å². The van der Waals surface area contributed by atoms with E-state index in [4.69, 9.17) is 16.3 Å². The second-order valence-corrected chi connectivity index (χ2v) is 6.95. The van der Waals surface area contributed by atoms with Crippen molar-refractivity contribution >= 4 is 33.8 Å². The number of benzene rings is 1. The molecule has 1 aromatic carbocycles. The van der Waals surface area contributed by atoms with E-state index in [9.17, 15) is 0 Å². The fourth-order valence-corrected chi connectivity index (χ4v) is 3.23. The molecule has 8 heteroatoms. The van der Waals surface area contributed by atoms with Gasteiger partial charge in [-0.1, -0.05) is 22.9 Å². The molecule has 1 N–H and O–H groups in total. The zero-order chi connectivity index (χ0) is 18.5. The number of ether oxygens (including phenoxy) is 1. The van der Waals surface area contributed by atoms with Crippen LogP contribution in [0.4, 0.5) is 10.8 Å². The van der Waals surface area contributed by atoms with Crippen molar-refractivity contribution in [1.29, 1.82) is 0 Å². The van der Waals surface area contributed by atoms with E-state index in [-0.39, 0.29) is 0 Å². The molecule has 4 aromatic rings. The van der Waals surface area contributed by atoms with Crippen LogP contribution >= 0.6 is 22.9 Å². The molecule has 0 atom stereocenters. The lowest BCUT2D eigenvalue weighted by Crippen LogP contribution is -1.98. The molecular formula is C19H14ClN5OS. The van der Waals surface area contributed by atoms with Crippen LogP contribution in [-0.4, -0.2) is 20.2 Å². The molecule has 0 bridgehead atoms. The Morgan fingerprint density at radius 3 is 2.59 bits per heavy atom. The summed E-state index contributed by atoms with van der Waals surface area (Å²) in [5.41, 5.74) is 2.58. The zero-order valence-corrected chi connectivity index (χ0v) is 15.6. The normalized spacial score (nSPS) is 10.6. The highest BCUT2D eigenvalue weighted by atomic mass is 35.5. The van der Waals surface area contributed by atoms with Crippen LogP contribution in [0.25, 0.3) is 10.7 Å². The third kappa shape index (κ3) is 4.39. The second kappa shape index (κ2) is 8.11. The monoisotopic (exact) mass is 395 g/mol. The van der Waals surface area contributed by atoms with Gasteiger partial charge in [-0.15, -0.1) is 10.2 Å². The third-order valence-electron chi connectivity index (χ3n) is 3.64. The molecule has 3 aromatic heterocycles. The van der Waals surface area contributed by atoms with Crippen molar-refractivity contribution in [3.8, 4) is 16.5 Å². The fraction of sp³-hybridized carbons (Fsp3) is 0.0526. The van der Waals surface area contributed by atoms with E-state index >= 15 is 0 Å². The van der Waals surface area contributed by atoms with Crippen molar-refractivity contribution in [2.75, 3.05) is 5.32 Å². The van der Waals surface area contributed by atoms with Crippen LogP contribution in [0.5, 0.6) is 5.75 Å². The average Bonchev–Trinajstić information content (AvgIpc) is 3.17. The van der Waals surface area contributed by atoms with Crippen LogP contribution in [0.2, 0.25) is 5.02 Å². The van der Waals surface area contributed by atoms with Gasteiger partial charge in [-0.05, 0) is 54.1 Å². The van der Waals surface area contributed by atoms with Gasteiger partial charge in [-0.2, -0.15) is 0 Å². The number of hydrogen-bond acceptors (Lipinski definition) is 7. The Morgan fingerprint density at radius 2 is 1.78 bits per heavy atom. The topological polar surface area (TPSA) is 72.8 Å². The third-order valence-corrected chi connectivity index (χ3v) is 4.73. The smallest absolute Gasteiger partial charge is 0.210 e. The first kappa shape index (κ1) is 17.4. The van der Waals surface area contributed by atoms with Crippen LogP contribution < -0.4 is 10.1 Å². The Bertz CT molecular complexity index is 1020. The van der Waals surface area contributed by atoms with E-state index in [1.54, 1.807) is 18.6 Å². The standard InChI is InChI=1S/C19H14ClN5OS/c20-14-3-5-15(6-4-14)23-19-25-24-18(27-19)17-16(2-1-9-22-17)26-12-13-7-10-21-11-8-13/h1-11H,12H2,(H,23,25). The summed E-state index contributed by atoms with van der Waals surface area (Å²) < 4.78 is 5.93.